The lowest BCUT2D eigenvalue weighted by Crippen LogP contribution is -2.24. The second-order valence-electron chi connectivity index (χ2n) is 4.29. The summed E-state index contributed by atoms with van der Waals surface area (Å²) in [5.74, 6) is 1.56. The van der Waals surface area contributed by atoms with Gasteiger partial charge < -0.3 is 10.4 Å². The van der Waals surface area contributed by atoms with Crippen LogP contribution in [0.2, 0.25) is 0 Å². The van der Waals surface area contributed by atoms with Crippen LogP contribution in [0.4, 0.5) is 0 Å². The van der Waals surface area contributed by atoms with Gasteiger partial charge in [0.1, 0.15) is 0 Å². The number of nitrogens with one attached hydrogen (secondary N) is 1. The monoisotopic (exact) mass is 201 g/mol. The van der Waals surface area contributed by atoms with Gasteiger partial charge >= 0.3 is 0 Å². The van der Waals surface area contributed by atoms with Crippen LogP contribution in [0.3, 0.4) is 0 Å². The molecule has 0 fully saturated rings. The van der Waals surface area contributed by atoms with Crippen LogP contribution < -0.4 is 5.32 Å². The SMILES string of the molecule is CCNC[C@@H](CCCO)C[C@@H](C)CC. The van der Waals surface area contributed by atoms with Crippen molar-refractivity contribution in [2.75, 3.05) is 19.7 Å². The molecule has 0 amide bonds. The van der Waals surface area contributed by atoms with E-state index >= 15 is 0 Å². The van der Waals surface area contributed by atoms with Crippen LogP contribution in [0.1, 0.15) is 46.5 Å². The molecule has 0 aromatic rings. The van der Waals surface area contributed by atoms with Gasteiger partial charge in [-0.05, 0) is 44.2 Å². The Morgan fingerprint density at radius 3 is 2.50 bits per heavy atom. The molecule has 0 spiro atoms. The molecule has 0 saturated heterocycles. The minimum absolute atomic E-state index is 0.336. The molecule has 0 bridgehead atoms. The summed E-state index contributed by atoms with van der Waals surface area (Å²) in [6.07, 6.45) is 4.67. The van der Waals surface area contributed by atoms with Crippen LogP contribution in [0.15, 0.2) is 0 Å². The van der Waals surface area contributed by atoms with Crippen LogP contribution in [-0.2, 0) is 0 Å². The van der Waals surface area contributed by atoms with Gasteiger partial charge in [-0.2, -0.15) is 0 Å². The lowest BCUT2D eigenvalue weighted by atomic mass is 9.90. The largest absolute Gasteiger partial charge is 0.396 e. The topological polar surface area (TPSA) is 32.3 Å². The van der Waals surface area contributed by atoms with Crippen LogP contribution in [0.25, 0.3) is 0 Å². The van der Waals surface area contributed by atoms with E-state index in [0.29, 0.717) is 6.61 Å². The first-order valence-corrected chi connectivity index (χ1v) is 6.06. The molecular weight excluding hydrogens is 174 g/mol. The molecule has 0 unspecified atom stereocenters. The summed E-state index contributed by atoms with van der Waals surface area (Å²) in [6, 6.07) is 0. The van der Waals surface area contributed by atoms with Gasteiger partial charge in [0.15, 0.2) is 0 Å². The highest BCUT2D eigenvalue weighted by molar-refractivity contribution is 4.65. The maximum Gasteiger partial charge on any atom is 0.0431 e. The van der Waals surface area contributed by atoms with Crippen LogP contribution in [-0.4, -0.2) is 24.8 Å². The van der Waals surface area contributed by atoms with Gasteiger partial charge in [-0.3, -0.25) is 0 Å². The Bertz CT molecular complexity index is 109. The maximum atomic E-state index is 8.81. The van der Waals surface area contributed by atoms with Crippen LogP contribution >= 0.6 is 0 Å². The summed E-state index contributed by atoms with van der Waals surface area (Å²) in [7, 11) is 0. The average molecular weight is 201 g/mol. The molecule has 2 N–H and O–H groups in total. The first kappa shape index (κ1) is 13.9. The van der Waals surface area contributed by atoms with Gasteiger partial charge in [0.05, 0.1) is 0 Å². The summed E-state index contributed by atoms with van der Waals surface area (Å²) in [4.78, 5) is 0. The van der Waals surface area contributed by atoms with Gasteiger partial charge in [-0.15, -0.1) is 0 Å². The lowest BCUT2D eigenvalue weighted by Gasteiger charge is -2.20. The fraction of sp³-hybridized carbons (Fsp3) is 1.00. The summed E-state index contributed by atoms with van der Waals surface area (Å²) in [5.41, 5.74) is 0. The van der Waals surface area contributed by atoms with E-state index in [2.05, 4.69) is 26.1 Å². The summed E-state index contributed by atoms with van der Waals surface area (Å²) in [6.45, 7) is 9.21. The quantitative estimate of drug-likeness (QED) is 0.600. The standard InChI is InChI=1S/C12H27NO/c1-4-11(3)9-12(7-6-8-14)10-13-5-2/h11-14H,4-10H2,1-3H3/t11-,12-/m0/s1. The molecule has 0 aromatic carbocycles. The van der Waals surface area contributed by atoms with Gasteiger partial charge in [-0.1, -0.05) is 27.2 Å². The molecule has 0 aliphatic rings. The molecule has 2 heteroatoms. The van der Waals surface area contributed by atoms with E-state index in [1.165, 1.54) is 12.8 Å². The molecule has 0 heterocycles. The van der Waals surface area contributed by atoms with Gasteiger partial charge in [0.25, 0.3) is 0 Å². The fourth-order valence-corrected chi connectivity index (χ4v) is 1.77. The van der Waals surface area contributed by atoms with E-state index in [9.17, 15) is 0 Å². The Kier molecular flexibility index (Phi) is 9.42. The number of aliphatic hydroxyl groups is 1. The van der Waals surface area contributed by atoms with E-state index in [4.69, 9.17) is 5.11 Å². The van der Waals surface area contributed by atoms with Crippen LogP contribution in [0.5, 0.6) is 0 Å². The summed E-state index contributed by atoms with van der Waals surface area (Å²) >= 11 is 0. The Hall–Kier alpha value is -0.0800. The number of hydrogen-bond donors (Lipinski definition) is 2. The average Bonchev–Trinajstić information content (AvgIpc) is 2.21. The maximum absolute atomic E-state index is 8.81. The lowest BCUT2D eigenvalue weighted by molar-refractivity contribution is 0.258. The van der Waals surface area contributed by atoms with Crippen molar-refractivity contribution >= 4 is 0 Å². The highest BCUT2D eigenvalue weighted by atomic mass is 16.2. The molecule has 0 radical (unpaired) electrons. The minimum Gasteiger partial charge on any atom is -0.396 e. The van der Waals surface area contributed by atoms with Gasteiger partial charge in [0, 0.05) is 6.61 Å². The van der Waals surface area contributed by atoms with Gasteiger partial charge in [-0.25, -0.2) is 0 Å². The summed E-state index contributed by atoms with van der Waals surface area (Å²) in [5, 5.41) is 12.2. The van der Waals surface area contributed by atoms with Crippen LogP contribution in [0, 0.1) is 11.8 Å². The zero-order valence-electron chi connectivity index (χ0n) is 10.1. The predicted octanol–water partition coefficient (Wildman–Crippen LogP) is 2.42. The molecule has 2 nitrogen and oxygen atoms in total. The zero-order valence-corrected chi connectivity index (χ0v) is 10.1. The Morgan fingerprint density at radius 1 is 1.29 bits per heavy atom. The number of rotatable bonds is 9. The second kappa shape index (κ2) is 9.47. The molecule has 0 rings (SSSR count). The fourth-order valence-electron chi connectivity index (χ4n) is 1.77. The van der Waals surface area contributed by atoms with Crippen molar-refractivity contribution in [2.24, 2.45) is 11.8 Å². The molecule has 0 aromatic heterocycles. The molecule has 0 aliphatic heterocycles. The minimum atomic E-state index is 0.336. The Morgan fingerprint density at radius 2 is 2.00 bits per heavy atom. The van der Waals surface area contributed by atoms with E-state index in [0.717, 1.165) is 37.8 Å². The zero-order chi connectivity index (χ0) is 10.8. The Balaban J connectivity index is 3.71. The van der Waals surface area contributed by atoms with E-state index in [-0.39, 0.29) is 0 Å². The van der Waals surface area contributed by atoms with Crippen molar-refractivity contribution in [3.63, 3.8) is 0 Å². The summed E-state index contributed by atoms with van der Waals surface area (Å²) < 4.78 is 0. The highest BCUT2D eigenvalue weighted by Gasteiger charge is 2.11. The van der Waals surface area contributed by atoms with Crippen molar-refractivity contribution in [1.82, 2.24) is 5.32 Å². The molecule has 2 atom stereocenters. The van der Waals surface area contributed by atoms with Crippen molar-refractivity contribution in [3.8, 4) is 0 Å². The normalized spacial score (nSPS) is 15.4. The third-order valence-corrected chi connectivity index (χ3v) is 2.89. The first-order chi connectivity index (χ1) is 6.74. The van der Waals surface area contributed by atoms with E-state index < -0.39 is 0 Å². The van der Waals surface area contributed by atoms with Crippen molar-refractivity contribution < 1.29 is 5.11 Å². The molecule has 14 heavy (non-hydrogen) atoms. The predicted molar refractivity (Wildman–Crippen MR) is 62.4 cm³/mol. The van der Waals surface area contributed by atoms with Gasteiger partial charge in [0.2, 0.25) is 0 Å². The van der Waals surface area contributed by atoms with E-state index in [1.807, 2.05) is 0 Å². The third kappa shape index (κ3) is 7.34. The number of aliphatic hydroxyl groups excluding tert-OH is 1. The number of hydrogen-bond acceptors (Lipinski definition) is 2. The molecule has 0 saturated carbocycles. The Labute approximate surface area is 89.1 Å². The molecule has 0 aliphatic carbocycles. The molecule has 86 valence electrons. The smallest absolute Gasteiger partial charge is 0.0431 e. The highest BCUT2D eigenvalue weighted by Crippen LogP contribution is 2.18. The molecular formula is C12H27NO. The first-order valence-electron chi connectivity index (χ1n) is 6.06. The van der Waals surface area contributed by atoms with Crippen molar-refractivity contribution in [3.05, 3.63) is 0 Å². The van der Waals surface area contributed by atoms with Crippen molar-refractivity contribution in [2.45, 2.75) is 46.5 Å². The van der Waals surface area contributed by atoms with E-state index in [1.54, 1.807) is 0 Å². The van der Waals surface area contributed by atoms with Crippen molar-refractivity contribution in [1.29, 1.82) is 0 Å². The third-order valence-electron chi connectivity index (χ3n) is 2.89. The second-order valence-corrected chi connectivity index (χ2v) is 4.29.